The number of hydrogen-bond acceptors (Lipinski definition) is 4. The molecule has 0 saturated heterocycles. The van der Waals surface area contributed by atoms with Gasteiger partial charge >= 0.3 is 5.97 Å². The number of carboxylic acid groups (broad SMARTS) is 1. The van der Waals surface area contributed by atoms with E-state index < -0.39 is 12.0 Å². The lowest BCUT2D eigenvalue weighted by molar-refractivity contribution is -0.138. The number of carboxylic acids is 1. The Hall–Kier alpha value is -1.76. The van der Waals surface area contributed by atoms with E-state index in [4.69, 9.17) is 23.2 Å². The monoisotopic (exact) mass is 410 g/mol. The van der Waals surface area contributed by atoms with Crippen molar-refractivity contribution in [2.45, 2.75) is 37.3 Å². The van der Waals surface area contributed by atoms with Crippen LogP contribution in [0.25, 0.3) is 0 Å². The summed E-state index contributed by atoms with van der Waals surface area (Å²) in [6.07, 6.45) is 1.16. The van der Waals surface area contributed by atoms with Gasteiger partial charge in [0.25, 0.3) is 0 Å². The number of anilines is 1. The molecule has 3 N–H and O–H groups in total. The molecule has 1 aliphatic heterocycles. The lowest BCUT2D eigenvalue weighted by atomic mass is 9.94. The maximum atomic E-state index is 12.8. The second-order valence-electron chi connectivity index (χ2n) is 6.61. The predicted molar refractivity (Wildman–Crippen MR) is 103 cm³/mol. The fraction of sp³-hybridized carbons (Fsp3) is 0.333. The van der Waals surface area contributed by atoms with Crippen LogP contribution in [0.2, 0.25) is 9.36 Å². The number of carbonyl (C=O) groups is 2. The number of hydrogen-bond donors (Lipinski definition) is 3. The third-order valence-electron chi connectivity index (χ3n) is 5.01. The van der Waals surface area contributed by atoms with Crippen LogP contribution in [0.1, 0.15) is 28.3 Å². The molecule has 2 aromatic rings. The summed E-state index contributed by atoms with van der Waals surface area (Å²) in [4.78, 5) is 25.0. The molecular formula is C18H16Cl2N2O3S. The Morgan fingerprint density at radius 1 is 1.27 bits per heavy atom. The normalized spacial score (nSPS) is 23.2. The highest BCUT2D eigenvalue weighted by Crippen LogP contribution is 2.45. The molecule has 2 aliphatic rings. The van der Waals surface area contributed by atoms with Gasteiger partial charge in [-0.3, -0.25) is 9.59 Å². The van der Waals surface area contributed by atoms with Crippen molar-refractivity contribution in [2.24, 2.45) is 0 Å². The van der Waals surface area contributed by atoms with Gasteiger partial charge in [0.2, 0.25) is 5.91 Å². The summed E-state index contributed by atoms with van der Waals surface area (Å²) in [6.45, 7) is 0. The minimum Gasteiger partial charge on any atom is -0.481 e. The van der Waals surface area contributed by atoms with Crippen LogP contribution < -0.4 is 10.6 Å². The van der Waals surface area contributed by atoms with E-state index in [1.807, 2.05) is 24.3 Å². The van der Waals surface area contributed by atoms with Gasteiger partial charge < -0.3 is 15.7 Å². The molecule has 0 radical (unpaired) electrons. The van der Waals surface area contributed by atoms with Gasteiger partial charge in [0, 0.05) is 23.3 Å². The molecular weight excluding hydrogens is 395 g/mol. The van der Waals surface area contributed by atoms with Crippen molar-refractivity contribution in [3.05, 3.63) is 49.6 Å². The van der Waals surface area contributed by atoms with Gasteiger partial charge in [-0.1, -0.05) is 47.5 Å². The molecule has 1 unspecified atom stereocenters. The minimum absolute atomic E-state index is 0.00513. The molecule has 1 aromatic heterocycles. The Balaban J connectivity index is 1.48. The molecule has 0 saturated carbocycles. The maximum absolute atomic E-state index is 12.8. The molecule has 8 heteroatoms. The van der Waals surface area contributed by atoms with Crippen LogP contribution in [-0.2, 0) is 22.4 Å². The highest BCUT2D eigenvalue weighted by molar-refractivity contribution is 7.17. The number of carbonyl (C=O) groups excluding carboxylic acids is 1. The van der Waals surface area contributed by atoms with E-state index >= 15 is 0 Å². The topological polar surface area (TPSA) is 78.4 Å². The van der Waals surface area contributed by atoms with Gasteiger partial charge in [0.05, 0.1) is 17.1 Å². The molecule has 0 spiro atoms. The molecule has 136 valence electrons. The molecule has 5 nitrogen and oxygen atoms in total. The van der Waals surface area contributed by atoms with Crippen LogP contribution in [0, 0.1) is 0 Å². The Labute approximate surface area is 164 Å². The average molecular weight is 411 g/mol. The number of amides is 1. The highest BCUT2D eigenvalue weighted by Gasteiger charge is 2.37. The molecule has 0 bridgehead atoms. The quantitative estimate of drug-likeness (QED) is 0.717. The van der Waals surface area contributed by atoms with E-state index in [2.05, 4.69) is 10.6 Å². The number of aliphatic carboxylic acids is 1. The zero-order valence-electron chi connectivity index (χ0n) is 13.6. The summed E-state index contributed by atoms with van der Waals surface area (Å²) < 4.78 is 0.524. The van der Waals surface area contributed by atoms with Crippen LogP contribution >= 0.6 is 34.5 Å². The summed E-state index contributed by atoms with van der Waals surface area (Å²) in [5.41, 5.74) is 2.84. The number of halogens is 2. The molecule has 1 amide bonds. The van der Waals surface area contributed by atoms with E-state index in [1.54, 1.807) is 0 Å². The van der Waals surface area contributed by atoms with Crippen LogP contribution in [0.3, 0.4) is 0 Å². The van der Waals surface area contributed by atoms with Crippen molar-refractivity contribution in [1.82, 2.24) is 5.32 Å². The minimum atomic E-state index is -0.867. The standard InChI is InChI=1S/C18H16Cl2N2O3S/c19-15-16-13(26-17(15)20)7-12(21-16)18(25)22-11-5-8-3-1-2-4-9(8)10(11)6-14(23)24/h1-4,10-12,21H,5-7H2,(H,22,25)(H,23,24)/t10-,11-,12?/m1/s1. The Bertz CT molecular complexity index is 899. The lowest BCUT2D eigenvalue weighted by Crippen LogP contribution is -2.45. The van der Waals surface area contributed by atoms with Crippen molar-refractivity contribution >= 4 is 52.1 Å². The van der Waals surface area contributed by atoms with Crippen LogP contribution in [0.4, 0.5) is 5.69 Å². The van der Waals surface area contributed by atoms with E-state index in [0.29, 0.717) is 22.2 Å². The summed E-state index contributed by atoms with van der Waals surface area (Å²) in [6, 6.07) is 7.13. The van der Waals surface area contributed by atoms with Gasteiger partial charge in [-0.2, -0.15) is 0 Å². The summed E-state index contributed by atoms with van der Waals surface area (Å²) in [7, 11) is 0. The van der Waals surface area contributed by atoms with E-state index in [1.165, 1.54) is 11.3 Å². The number of fused-ring (bicyclic) bond motifs is 2. The lowest BCUT2D eigenvalue weighted by Gasteiger charge is -2.22. The molecule has 0 fully saturated rings. The molecule has 4 rings (SSSR count). The van der Waals surface area contributed by atoms with Gasteiger partial charge in [-0.25, -0.2) is 0 Å². The van der Waals surface area contributed by atoms with Gasteiger partial charge in [-0.15, -0.1) is 11.3 Å². The van der Waals surface area contributed by atoms with E-state index in [0.717, 1.165) is 21.7 Å². The average Bonchev–Trinajstić information content (AvgIpc) is 3.23. The van der Waals surface area contributed by atoms with Crippen molar-refractivity contribution in [2.75, 3.05) is 5.32 Å². The summed E-state index contributed by atoms with van der Waals surface area (Å²) >= 11 is 13.6. The number of rotatable bonds is 4. The molecule has 3 atom stereocenters. The molecule has 26 heavy (non-hydrogen) atoms. The van der Waals surface area contributed by atoms with Crippen LogP contribution in [-0.4, -0.2) is 29.1 Å². The first-order valence-corrected chi connectivity index (χ1v) is 9.84. The zero-order valence-corrected chi connectivity index (χ0v) is 15.9. The Kier molecular flexibility index (Phi) is 4.59. The smallest absolute Gasteiger partial charge is 0.304 e. The van der Waals surface area contributed by atoms with E-state index in [-0.39, 0.29) is 24.3 Å². The van der Waals surface area contributed by atoms with Crippen molar-refractivity contribution in [1.29, 1.82) is 0 Å². The van der Waals surface area contributed by atoms with E-state index in [9.17, 15) is 14.7 Å². The largest absolute Gasteiger partial charge is 0.481 e. The fourth-order valence-electron chi connectivity index (χ4n) is 3.83. The summed E-state index contributed by atoms with van der Waals surface area (Å²) in [5.74, 6) is -1.23. The first-order chi connectivity index (χ1) is 12.4. The third-order valence-corrected chi connectivity index (χ3v) is 7.02. The molecule has 2 heterocycles. The summed E-state index contributed by atoms with van der Waals surface area (Å²) in [5, 5.41) is 15.9. The van der Waals surface area contributed by atoms with Crippen molar-refractivity contribution < 1.29 is 14.7 Å². The van der Waals surface area contributed by atoms with Crippen LogP contribution in [0.5, 0.6) is 0 Å². The van der Waals surface area contributed by atoms with Gasteiger partial charge in [0.15, 0.2) is 0 Å². The van der Waals surface area contributed by atoms with Gasteiger partial charge in [0.1, 0.15) is 10.4 Å². The third kappa shape index (κ3) is 3.06. The second kappa shape index (κ2) is 6.76. The Morgan fingerprint density at radius 2 is 2.04 bits per heavy atom. The number of nitrogens with one attached hydrogen (secondary N) is 2. The number of thiophene rings is 1. The van der Waals surface area contributed by atoms with Crippen molar-refractivity contribution in [3.8, 4) is 0 Å². The second-order valence-corrected chi connectivity index (χ2v) is 8.70. The fourth-order valence-corrected chi connectivity index (χ4v) is 5.47. The van der Waals surface area contributed by atoms with Crippen LogP contribution in [0.15, 0.2) is 24.3 Å². The maximum Gasteiger partial charge on any atom is 0.304 e. The number of benzene rings is 1. The molecule has 1 aromatic carbocycles. The zero-order chi connectivity index (χ0) is 18.4. The predicted octanol–water partition coefficient (Wildman–Crippen LogP) is 3.69. The SMILES string of the molecule is O=C(O)C[C@@H]1c2ccccc2C[C@H]1NC(=O)C1Cc2sc(Cl)c(Cl)c2N1. The first kappa shape index (κ1) is 17.6. The first-order valence-electron chi connectivity index (χ1n) is 8.27. The van der Waals surface area contributed by atoms with Crippen molar-refractivity contribution in [3.63, 3.8) is 0 Å². The highest BCUT2D eigenvalue weighted by atomic mass is 35.5. The van der Waals surface area contributed by atoms with Gasteiger partial charge in [-0.05, 0) is 17.5 Å². The Morgan fingerprint density at radius 3 is 2.77 bits per heavy atom. The molecule has 1 aliphatic carbocycles.